The number of hydrogen-bond donors (Lipinski definition) is 1. The predicted molar refractivity (Wildman–Crippen MR) is 72.2 cm³/mol. The van der Waals surface area contributed by atoms with Gasteiger partial charge in [-0.1, -0.05) is 35.3 Å². The summed E-state index contributed by atoms with van der Waals surface area (Å²) in [6.07, 6.45) is 1.31. The molecule has 18 heavy (non-hydrogen) atoms. The molecule has 1 aromatic rings. The van der Waals surface area contributed by atoms with E-state index in [0.29, 0.717) is 23.1 Å². The van der Waals surface area contributed by atoms with Gasteiger partial charge in [0.1, 0.15) is 0 Å². The zero-order valence-electron chi connectivity index (χ0n) is 10.1. The highest BCUT2D eigenvalue weighted by molar-refractivity contribution is 6.42. The molecule has 1 aromatic carbocycles. The van der Waals surface area contributed by atoms with Crippen molar-refractivity contribution in [3.63, 3.8) is 0 Å². The fourth-order valence-corrected chi connectivity index (χ4v) is 2.43. The average Bonchev–Trinajstić information content (AvgIpc) is 3.09. The lowest BCUT2D eigenvalue weighted by Gasteiger charge is -2.06. The van der Waals surface area contributed by atoms with Gasteiger partial charge in [-0.25, -0.2) is 0 Å². The molecule has 2 rings (SSSR count). The molecular weight excluding hydrogens is 273 g/mol. The normalized spacial score (nSPS) is 21.7. The van der Waals surface area contributed by atoms with Crippen molar-refractivity contribution < 1.29 is 9.53 Å². The summed E-state index contributed by atoms with van der Waals surface area (Å²) in [4.78, 5) is 11.5. The minimum atomic E-state index is 0.0162. The predicted octanol–water partition coefficient (Wildman–Crippen LogP) is 3.00. The lowest BCUT2D eigenvalue weighted by Crippen LogP contribution is -2.27. The van der Waals surface area contributed by atoms with Crippen LogP contribution in [0.5, 0.6) is 0 Å². The number of halogens is 2. The molecule has 1 aliphatic carbocycles. The Kier molecular flexibility index (Phi) is 4.49. The zero-order valence-corrected chi connectivity index (χ0v) is 11.6. The summed E-state index contributed by atoms with van der Waals surface area (Å²) >= 11 is 12.1. The Balaban J connectivity index is 1.91. The number of hydrogen-bond acceptors (Lipinski definition) is 2. The average molecular weight is 288 g/mol. The fraction of sp³-hybridized carbons (Fsp3) is 0.462. The monoisotopic (exact) mass is 287 g/mol. The summed E-state index contributed by atoms with van der Waals surface area (Å²) in [7, 11) is 1.58. The molecule has 1 saturated carbocycles. The molecule has 3 nitrogen and oxygen atoms in total. The Hall–Kier alpha value is -0.770. The SMILES string of the molecule is COCCC(=O)NC1CC1c1cccc(Cl)c1Cl. The second-order valence-electron chi connectivity index (χ2n) is 4.40. The van der Waals surface area contributed by atoms with E-state index >= 15 is 0 Å². The zero-order chi connectivity index (χ0) is 13.1. The maximum absolute atomic E-state index is 11.5. The van der Waals surface area contributed by atoms with Gasteiger partial charge in [0, 0.05) is 25.5 Å². The summed E-state index contributed by atoms with van der Waals surface area (Å²) in [5.41, 5.74) is 1.02. The van der Waals surface area contributed by atoms with Crippen LogP contribution in [0.1, 0.15) is 24.3 Å². The van der Waals surface area contributed by atoms with Gasteiger partial charge in [0.25, 0.3) is 0 Å². The third-order valence-electron chi connectivity index (χ3n) is 3.05. The molecule has 0 spiro atoms. The smallest absolute Gasteiger partial charge is 0.222 e. The first-order chi connectivity index (χ1) is 8.63. The molecule has 1 aliphatic rings. The molecular formula is C13H15Cl2NO2. The van der Waals surface area contributed by atoms with Crippen molar-refractivity contribution in [2.75, 3.05) is 13.7 Å². The number of methoxy groups -OCH3 is 1. The Morgan fingerprint density at radius 3 is 3.00 bits per heavy atom. The van der Waals surface area contributed by atoms with Gasteiger partial charge in [-0.3, -0.25) is 4.79 Å². The molecule has 0 heterocycles. The van der Waals surface area contributed by atoms with Gasteiger partial charge in [0.15, 0.2) is 0 Å². The molecule has 0 bridgehead atoms. The number of rotatable bonds is 5. The number of ether oxygens (including phenoxy) is 1. The molecule has 1 fully saturated rings. The second kappa shape index (κ2) is 5.91. The molecule has 2 unspecified atom stereocenters. The molecule has 1 amide bonds. The minimum absolute atomic E-state index is 0.0162. The fourth-order valence-electron chi connectivity index (χ4n) is 1.98. The van der Waals surface area contributed by atoms with Gasteiger partial charge in [-0.05, 0) is 18.1 Å². The first kappa shape index (κ1) is 13.7. The van der Waals surface area contributed by atoms with E-state index in [1.165, 1.54) is 0 Å². The van der Waals surface area contributed by atoms with Gasteiger partial charge >= 0.3 is 0 Å². The quantitative estimate of drug-likeness (QED) is 0.904. The van der Waals surface area contributed by atoms with Crippen molar-refractivity contribution in [2.45, 2.75) is 24.8 Å². The van der Waals surface area contributed by atoms with Crippen molar-refractivity contribution in [3.8, 4) is 0 Å². The van der Waals surface area contributed by atoms with Crippen molar-refractivity contribution in [1.29, 1.82) is 0 Å². The van der Waals surface area contributed by atoms with Crippen LogP contribution in [0.2, 0.25) is 10.0 Å². The van der Waals surface area contributed by atoms with E-state index in [2.05, 4.69) is 5.32 Å². The van der Waals surface area contributed by atoms with Crippen molar-refractivity contribution in [2.24, 2.45) is 0 Å². The third kappa shape index (κ3) is 3.16. The lowest BCUT2D eigenvalue weighted by molar-refractivity contribution is -0.122. The van der Waals surface area contributed by atoms with Gasteiger partial charge in [0.2, 0.25) is 5.91 Å². The molecule has 0 radical (unpaired) electrons. The van der Waals surface area contributed by atoms with E-state index in [4.69, 9.17) is 27.9 Å². The van der Waals surface area contributed by atoms with Crippen LogP contribution >= 0.6 is 23.2 Å². The van der Waals surface area contributed by atoms with Crippen LogP contribution in [0.4, 0.5) is 0 Å². The van der Waals surface area contributed by atoms with Crippen LogP contribution in [0.15, 0.2) is 18.2 Å². The van der Waals surface area contributed by atoms with E-state index in [1.54, 1.807) is 13.2 Å². The largest absolute Gasteiger partial charge is 0.384 e. The summed E-state index contributed by atoms with van der Waals surface area (Å²) in [6.45, 7) is 0.446. The number of carbonyl (C=O) groups excluding carboxylic acids is 1. The molecule has 1 N–H and O–H groups in total. The number of benzene rings is 1. The molecule has 5 heteroatoms. The number of nitrogens with one attached hydrogen (secondary N) is 1. The standard InChI is InChI=1S/C13H15Cl2NO2/c1-18-6-5-12(17)16-11-7-9(11)8-3-2-4-10(14)13(8)15/h2-4,9,11H,5-7H2,1H3,(H,16,17). The highest BCUT2D eigenvalue weighted by Crippen LogP contribution is 2.45. The summed E-state index contributed by atoms with van der Waals surface area (Å²) in [6, 6.07) is 5.78. The topological polar surface area (TPSA) is 38.3 Å². The molecule has 0 aliphatic heterocycles. The lowest BCUT2D eigenvalue weighted by atomic mass is 10.1. The minimum Gasteiger partial charge on any atom is -0.384 e. The number of amides is 1. The Bertz CT molecular complexity index is 451. The summed E-state index contributed by atoms with van der Waals surface area (Å²) in [5.74, 6) is 0.296. The van der Waals surface area contributed by atoms with Crippen LogP contribution in [0.3, 0.4) is 0 Å². The first-order valence-electron chi connectivity index (χ1n) is 5.85. The summed E-state index contributed by atoms with van der Waals surface area (Å²) < 4.78 is 4.86. The van der Waals surface area contributed by atoms with E-state index in [0.717, 1.165) is 12.0 Å². The molecule has 98 valence electrons. The third-order valence-corrected chi connectivity index (χ3v) is 3.88. The highest BCUT2D eigenvalue weighted by Gasteiger charge is 2.40. The Morgan fingerprint density at radius 1 is 1.50 bits per heavy atom. The van der Waals surface area contributed by atoms with E-state index in [-0.39, 0.29) is 17.9 Å². The van der Waals surface area contributed by atoms with Crippen LogP contribution in [-0.4, -0.2) is 25.7 Å². The van der Waals surface area contributed by atoms with Gasteiger partial charge in [-0.15, -0.1) is 0 Å². The van der Waals surface area contributed by atoms with Crippen molar-refractivity contribution in [3.05, 3.63) is 33.8 Å². The van der Waals surface area contributed by atoms with E-state index in [1.807, 2.05) is 12.1 Å². The van der Waals surface area contributed by atoms with E-state index < -0.39 is 0 Å². The van der Waals surface area contributed by atoms with Crippen LogP contribution in [-0.2, 0) is 9.53 Å². The molecule has 0 aromatic heterocycles. The van der Waals surface area contributed by atoms with Gasteiger partial charge < -0.3 is 10.1 Å². The van der Waals surface area contributed by atoms with Crippen LogP contribution in [0, 0.1) is 0 Å². The van der Waals surface area contributed by atoms with Crippen LogP contribution < -0.4 is 5.32 Å². The maximum atomic E-state index is 11.5. The first-order valence-corrected chi connectivity index (χ1v) is 6.61. The van der Waals surface area contributed by atoms with Gasteiger partial charge in [-0.2, -0.15) is 0 Å². The molecule has 0 saturated heterocycles. The van der Waals surface area contributed by atoms with Crippen molar-refractivity contribution in [1.82, 2.24) is 5.32 Å². The van der Waals surface area contributed by atoms with Gasteiger partial charge in [0.05, 0.1) is 16.7 Å². The number of carbonyl (C=O) groups is 1. The second-order valence-corrected chi connectivity index (χ2v) is 5.19. The van der Waals surface area contributed by atoms with E-state index in [9.17, 15) is 4.79 Å². The molecule has 2 atom stereocenters. The Morgan fingerprint density at radius 2 is 2.28 bits per heavy atom. The Labute approximate surface area is 116 Å². The van der Waals surface area contributed by atoms with Crippen molar-refractivity contribution >= 4 is 29.1 Å². The highest BCUT2D eigenvalue weighted by atomic mass is 35.5. The summed E-state index contributed by atoms with van der Waals surface area (Å²) in [5, 5.41) is 4.12. The maximum Gasteiger partial charge on any atom is 0.222 e. The van der Waals surface area contributed by atoms with Crippen LogP contribution in [0.25, 0.3) is 0 Å².